The molecule has 0 atom stereocenters. The van der Waals surface area contributed by atoms with Crippen molar-refractivity contribution in [1.29, 1.82) is 0 Å². The van der Waals surface area contributed by atoms with Crippen LogP contribution in [0.3, 0.4) is 0 Å². The Morgan fingerprint density at radius 3 is 1.79 bits per heavy atom. The largest absolute Gasteiger partial charge is 0.310 e. The molecule has 0 radical (unpaired) electrons. The maximum Gasteiger partial charge on any atom is 0.0714 e. The van der Waals surface area contributed by atoms with Gasteiger partial charge in [0.15, 0.2) is 0 Å². The molecule has 2 aliphatic rings. The van der Waals surface area contributed by atoms with E-state index in [0.717, 1.165) is 23.5 Å². The summed E-state index contributed by atoms with van der Waals surface area (Å²) in [6.07, 6.45) is 1.16. The van der Waals surface area contributed by atoms with Crippen molar-refractivity contribution in [2.24, 2.45) is 0 Å². The minimum absolute atomic E-state index is 0.129. The molecule has 1 heterocycles. The van der Waals surface area contributed by atoms with E-state index >= 15 is 0 Å². The van der Waals surface area contributed by atoms with Gasteiger partial charge in [-0.05, 0) is 115 Å². The average molecular weight is 764 g/mol. The Hall–Kier alpha value is -6.22. The van der Waals surface area contributed by atoms with Crippen LogP contribution in [-0.2, 0) is 16.2 Å². The third kappa shape index (κ3) is 5.21. The highest BCUT2D eigenvalue weighted by Crippen LogP contribution is 2.57. The number of hydrogen-bond donors (Lipinski definition) is 0. The Bertz CT molecular complexity index is 3000. The van der Waals surface area contributed by atoms with Crippen LogP contribution in [0.2, 0.25) is 0 Å². The van der Waals surface area contributed by atoms with Crippen LogP contribution < -0.4 is 4.90 Å². The van der Waals surface area contributed by atoms with E-state index in [0.29, 0.717) is 0 Å². The summed E-state index contributed by atoms with van der Waals surface area (Å²) >= 11 is 1.87. The van der Waals surface area contributed by atoms with Gasteiger partial charge in [0.2, 0.25) is 0 Å². The fraction of sp³-hybridized carbons (Fsp3) is 0.143. The lowest BCUT2D eigenvalue weighted by molar-refractivity contribution is 0.403. The summed E-state index contributed by atoms with van der Waals surface area (Å²) in [6, 6.07) is 70.7. The number of benzene rings is 8. The minimum Gasteiger partial charge on any atom is -0.310 e. The molecule has 2 heteroatoms. The number of hydrogen-bond acceptors (Lipinski definition) is 2. The highest BCUT2D eigenvalue weighted by molar-refractivity contribution is 7.25. The van der Waals surface area contributed by atoms with Gasteiger partial charge in [0.25, 0.3) is 0 Å². The Morgan fingerprint density at radius 1 is 0.397 bits per heavy atom. The molecular weight excluding hydrogens is 719 g/mol. The predicted molar refractivity (Wildman–Crippen MR) is 247 cm³/mol. The summed E-state index contributed by atoms with van der Waals surface area (Å²) in [6.45, 7) is 9.60. The van der Waals surface area contributed by atoms with Gasteiger partial charge in [-0.15, -0.1) is 11.3 Å². The standard InChI is InChI=1S/C56H45NS/c1-54(2)36-55(3,4)51-33-38(26-31-49(51)54)37-16-15-21-41(32-37)57(43-28-30-47-46-23-12-14-25-52(46)58-53(47)35-43)42-27-29-45-44-22-11-13-24-48(44)56(50(45)34-42,39-17-7-5-8-18-39)40-19-9-6-10-20-40/h5-35H,36H2,1-4H3. The van der Waals surface area contributed by atoms with Gasteiger partial charge in [-0.1, -0.05) is 173 Å². The third-order valence-corrected chi connectivity index (χ3v) is 14.3. The summed E-state index contributed by atoms with van der Waals surface area (Å²) in [5.41, 5.74) is 16.4. The van der Waals surface area contributed by atoms with Crippen molar-refractivity contribution < 1.29 is 0 Å². The van der Waals surface area contributed by atoms with Crippen LogP contribution in [0.4, 0.5) is 17.1 Å². The van der Waals surface area contributed by atoms with Crippen molar-refractivity contribution in [3.8, 4) is 22.3 Å². The van der Waals surface area contributed by atoms with Crippen molar-refractivity contribution in [3.63, 3.8) is 0 Å². The molecule has 11 rings (SSSR count). The zero-order chi connectivity index (χ0) is 39.2. The smallest absolute Gasteiger partial charge is 0.0714 e. The van der Waals surface area contributed by atoms with Crippen LogP contribution in [0, 0.1) is 0 Å². The zero-order valence-corrected chi connectivity index (χ0v) is 34.3. The zero-order valence-electron chi connectivity index (χ0n) is 33.5. The van der Waals surface area contributed by atoms with Gasteiger partial charge in [-0.3, -0.25) is 0 Å². The molecule has 2 aliphatic carbocycles. The summed E-state index contributed by atoms with van der Waals surface area (Å²) in [5, 5.41) is 2.62. The number of thiophene rings is 1. The molecule has 9 aromatic rings. The molecule has 58 heavy (non-hydrogen) atoms. The average Bonchev–Trinajstić information content (AvgIpc) is 3.83. The minimum atomic E-state index is -0.488. The summed E-state index contributed by atoms with van der Waals surface area (Å²) in [4.78, 5) is 2.48. The van der Waals surface area contributed by atoms with E-state index in [1.54, 1.807) is 0 Å². The van der Waals surface area contributed by atoms with Gasteiger partial charge >= 0.3 is 0 Å². The first kappa shape index (κ1) is 35.0. The Morgan fingerprint density at radius 2 is 1.00 bits per heavy atom. The maximum atomic E-state index is 2.48. The monoisotopic (exact) mass is 763 g/mol. The molecule has 280 valence electrons. The number of anilines is 3. The second kappa shape index (κ2) is 12.9. The highest BCUT2D eigenvalue weighted by Gasteiger charge is 2.46. The molecule has 0 unspecified atom stereocenters. The lowest BCUT2D eigenvalue weighted by atomic mass is 9.67. The van der Waals surface area contributed by atoms with Gasteiger partial charge < -0.3 is 4.90 Å². The van der Waals surface area contributed by atoms with Gasteiger partial charge in [0.05, 0.1) is 5.41 Å². The molecule has 0 fully saturated rings. The molecule has 1 aromatic heterocycles. The van der Waals surface area contributed by atoms with Crippen molar-refractivity contribution in [1.82, 2.24) is 0 Å². The Kier molecular flexibility index (Phi) is 7.78. The fourth-order valence-corrected chi connectivity index (χ4v) is 12.0. The summed E-state index contributed by atoms with van der Waals surface area (Å²) in [5.74, 6) is 0. The molecule has 0 saturated heterocycles. The molecule has 0 amide bonds. The third-order valence-electron chi connectivity index (χ3n) is 13.1. The first-order chi connectivity index (χ1) is 28.2. The van der Waals surface area contributed by atoms with Crippen LogP contribution in [0.15, 0.2) is 188 Å². The van der Waals surface area contributed by atoms with Crippen molar-refractivity contribution in [2.75, 3.05) is 4.90 Å². The molecule has 0 aliphatic heterocycles. The maximum absolute atomic E-state index is 2.48. The lowest BCUT2D eigenvalue weighted by Gasteiger charge is -2.35. The fourth-order valence-electron chi connectivity index (χ4n) is 10.9. The van der Waals surface area contributed by atoms with Crippen molar-refractivity contribution in [2.45, 2.75) is 50.4 Å². The highest BCUT2D eigenvalue weighted by atomic mass is 32.1. The van der Waals surface area contributed by atoms with Crippen LogP contribution >= 0.6 is 11.3 Å². The SMILES string of the molecule is CC1(C)CC(C)(C)c2cc(-c3cccc(N(c4ccc5c(c4)C(c4ccccc4)(c4ccccc4)c4ccccc4-5)c4ccc5c(c4)sc4ccccc45)c3)ccc21. The number of nitrogens with zero attached hydrogens (tertiary/aromatic N) is 1. The number of fused-ring (bicyclic) bond motifs is 7. The summed E-state index contributed by atoms with van der Waals surface area (Å²) in [7, 11) is 0. The van der Waals surface area contributed by atoms with E-state index in [2.05, 4.69) is 221 Å². The van der Waals surface area contributed by atoms with E-state index in [-0.39, 0.29) is 10.8 Å². The van der Waals surface area contributed by atoms with Crippen molar-refractivity contribution in [3.05, 3.63) is 221 Å². The molecule has 0 bridgehead atoms. The lowest BCUT2D eigenvalue weighted by Crippen LogP contribution is -2.28. The normalized spacial score (nSPS) is 15.6. The number of rotatable bonds is 6. The summed E-state index contributed by atoms with van der Waals surface area (Å²) < 4.78 is 2.61. The molecule has 1 nitrogen and oxygen atoms in total. The predicted octanol–water partition coefficient (Wildman–Crippen LogP) is 15.5. The van der Waals surface area contributed by atoms with Crippen LogP contribution in [0.5, 0.6) is 0 Å². The second-order valence-electron chi connectivity index (χ2n) is 17.6. The van der Waals surface area contributed by atoms with E-state index in [4.69, 9.17) is 0 Å². The van der Waals surface area contributed by atoms with Gasteiger partial charge in [-0.25, -0.2) is 0 Å². The quantitative estimate of drug-likeness (QED) is 0.163. The first-order valence-electron chi connectivity index (χ1n) is 20.5. The van der Waals surface area contributed by atoms with E-state index in [1.807, 2.05) is 11.3 Å². The van der Waals surface area contributed by atoms with Gasteiger partial charge in [-0.2, -0.15) is 0 Å². The molecule has 8 aromatic carbocycles. The van der Waals surface area contributed by atoms with Crippen LogP contribution in [0.25, 0.3) is 42.4 Å². The van der Waals surface area contributed by atoms with E-state index in [9.17, 15) is 0 Å². The van der Waals surface area contributed by atoms with Crippen LogP contribution in [-0.4, -0.2) is 0 Å². The first-order valence-corrected chi connectivity index (χ1v) is 21.4. The van der Waals surface area contributed by atoms with E-state index < -0.39 is 5.41 Å². The van der Waals surface area contributed by atoms with E-state index in [1.165, 1.54) is 75.8 Å². The molecule has 0 N–H and O–H groups in total. The second-order valence-corrected chi connectivity index (χ2v) is 18.7. The Balaban J connectivity index is 1.15. The molecule has 0 saturated carbocycles. The molecular formula is C56H45NS. The van der Waals surface area contributed by atoms with Crippen molar-refractivity contribution >= 4 is 48.6 Å². The Labute approximate surface area is 345 Å². The molecule has 0 spiro atoms. The topological polar surface area (TPSA) is 3.24 Å². The van der Waals surface area contributed by atoms with Crippen LogP contribution in [0.1, 0.15) is 67.5 Å². The van der Waals surface area contributed by atoms with Gasteiger partial charge in [0, 0.05) is 37.2 Å². The van der Waals surface area contributed by atoms with Gasteiger partial charge in [0.1, 0.15) is 0 Å².